The molecule has 0 radical (unpaired) electrons. The van der Waals surface area contributed by atoms with E-state index in [1.165, 1.54) is 50.9 Å². The van der Waals surface area contributed by atoms with Gasteiger partial charge in [0.05, 0.1) is 11.8 Å². The number of halogens is 1. The van der Waals surface area contributed by atoms with E-state index in [1.54, 1.807) is 0 Å². The minimum atomic E-state index is -0.399. The highest BCUT2D eigenvalue weighted by Crippen LogP contribution is 2.39. The van der Waals surface area contributed by atoms with Crippen molar-refractivity contribution in [2.24, 2.45) is 11.8 Å². The maximum absolute atomic E-state index is 9.67. The topological polar surface area (TPSA) is 23.5 Å². The third-order valence-corrected chi connectivity index (χ3v) is 5.72. The van der Waals surface area contributed by atoms with Crippen LogP contribution in [0.1, 0.15) is 50.7 Å². The molecule has 1 aromatic rings. The molecule has 2 fully saturated rings. The van der Waals surface area contributed by atoms with Gasteiger partial charge in [0, 0.05) is 17.6 Å². The Balaban J connectivity index is 1.76. The number of nitrogens with zero attached hydrogens (tertiary/aromatic N) is 1. The molecule has 3 heteroatoms. The monoisotopic (exact) mass is 337 g/mol. The van der Waals surface area contributed by atoms with Crippen molar-refractivity contribution in [1.29, 1.82) is 0 Å². The van der Waals surface area contributed by atoms with Crippen LogP contribution in [0.25, 0.3) is 0 Å². The van der Waals surface area contributed by atoms with Crippen molar-refractivity contribution in [1.82, 2.24) is 0 Å². The van der Waals surface area contributed by atoms with Crippen LogP contribution in [0.3, 0.4) is 0 Å². The van der Waals surface area contributed by atoms with Crippen molar-refractivity contribution in [3.8, 4) is 0 Å². The Bertz CT molecular complexity index is 474. The van der Waals surface area contributed by atoms with Crippen LogP contribution in [0, 0.1) is 11.8 Å². The van der Waals surface area contributed by atoms with E-state index in [1.807, 2.05) is 6.92 Å². The molecule has 1 aliphatic carbocycles. The second kappa shape index (κ2) is 6.07. The predicted molar refractivity (Wildman–Crippen MR) is 87.1 cm³/mol. The lowest BCUT2D eigenvalue weighted by molar-refractivity contribution is 0.199. The van der Waals surface area contributed by atoms with Gasteiger partial charge in [-0.1, -0.05) is 25.3 Å². The molecule has 1 aliphatic heterocycles. The van der Waals surface area contributed by atoms with Crippen molar-refractivity contribution in [3.63, 3.8) is 0 Å². The van der Waals surface area contributed by atoms with Crippen LogP contribution in [0.5, 0.6) is 0 Å². The van der Waals surface area contributed by atoms with Gasteiger partial charge in [-0.2, -0.15) is 0 Å². The third-order valence-electron chi connectivity index (χ3n) is 5.09. The third kappa shape index (κ3) is 2.89. The molecule has 1 aromatic carbocycles. The number of hydrogen-bond donors (Lipinski definition) is 1. The van der Waals surface area contributed by atoms with E-state index in [2.05, 4.69) is 39.0 Å². The molecule has 2 unspecified atom stereocenters. The van der Waals surface area contributed by atoms with Crippen LogP contribution >= 0.6 is 15.9 Å². The van der Waals surface area contributed by atoms with Crippen molar-refractivity contribution < 1.29 is 5.11 Å². The average Bonchev–Trinajstić information content (AvgIpc) is 2.46. The lowest BCUT2D eigenvalue weighted by Crippen LogP contribution is -2.42. The molecule has 0 spiro atoms. The number of rotatable bonds is 2. The zero-order valence-corrected chi connectivity index (χ0v) is 13.8. The van der Waals surface area contributed by atoms with Gasteiger partial charge in [-0.15, -0.1) is 0 Å². The summed E-state index contributed by atoms with van der Waals surface area (Å²) in [5, 5.41) is 9.67. The van der Waals surface area contributed by atoms with E-state index in [4.69, 9.17) is 0 Å². The van der Waals surface area contributed by atoms with Crippen LogP contribution < -0.4 is 4.90 Å². The molecular weight excluding hydrogens is 314 g/mol. The first-order valence-electron chi connectivity index (χ1n) is 7.87. The molecule has 0 bridgehead atoms. The summed E-state index contributed by atoms with van der Waals surface area (Å²) in [5.41, 5.74) is 2.27. The average molecular weight is 338 g/mol. The fourth-order valence-electron chi connectivity index (χ4n) is 3.86. The number of anilines is 1. The lowest BCUT2D eigenvalue weighted by atomic mass is 9.75. The van der Waals surface area contributed by atoms with E-state index in [9.17, 15) is 5.11 Å². The SMILES string of the molecule is C[C@@H](O)c1ccc(N2CCC3CCCCC3C2)c(Br)c1. The van der Waals surface area contributed by atoms with E-state index in [-0.39, 0.29) is 0 Å². The second-order valence-electron chi connectivity index (χ2n) is 6.43. The highest BCUT2D eigenvalue weighted by molar-refractivity contribution is 9.10. The number of aliphatic hydroxyl groups excluding tert-OH is 1. The number of fused-ring (bicyclic) bond motifs is 1. The van der Waals surface area contributed by atoms with E-state index in [0.717, 1.165) is 21.9 Å². The molecule has 20 heavy (non-hydrogen) atoms. The van der Waals surface area contributed by atoms with Crippen molar-refractivity contribution in [3.05, 3.63) is 28.2 Å². The molecule has 3 rings (SSSR count). The van der Waals surface area contributed by atoms with Gasteiger partial charge < -0.3 is 10.0 Å². The number of hydrogen-bond acceptors (Lipinski definition) is 2. The molecule has 110 valence electrons. The Morgan fingerprint density at radius 2 is 1.95 bits per heavy atom. The summed E-state index contributed by atoms with van der Waals surface area (Å²) in [5.74, 6) is 1.86. The van der Waals surface area contributed by atoms with Crippen molar-refractivity contribution >= 4 is 21.6 Å². The summed E-state index contributed by atoms with van der Waals surface area (Å²) in [4.78, 5) is 2.53. The zero-order valence-electron chi connectivity index (χ0n) is 12.2. The minimum Gasteiger partial charge on any atom is -0.389 e. The van der Waals surface area contributed by atoms with Gasteiger partial charge in [0.1, 0.15) is 0 Å². The summed E-state index contributed by atoms with van der Waals surface area (Å²) in [7, 11) is 0. The first kappa shape index (κ1) is 14.4. The summed E-state index contributed by atoms with van der Waals surface area (Å²) >= 11 is 3.69. The molecule has 2 nitrogen and oxygen atoms in total. The molecule has 1 saturated carbocycles. The smallest absolute Gasteiger partial charge is 0.0762 e. The first-order valence-corrected chi connectivity index (χ1v) is 8.67. The van der Waals surface area contributed by atoms with Crippen LogP contribution in [-0.2, 0) is 0 Å². The minimum absolute atomic E-state index is 0.399. The predicted octanol–water partition coefficient (Wildman–Crippen LogP) is 4.52. The van der Waals surface area contributed by atoms with Crippen LogP contribution in [0.15, 0.2) is 22.7 Å². The zero-order chi connectivity index (χ0) is 14.1. The van der Waals surface area contributed by atoms with Crippen LogP contribution in [0.2, 0.25) is 0 Å². The molecule has 3 atom stereocenters. The van der Waals surface area contributed by atoms with Crippen LogP contribution in [0.4, 0.5) is 5.69 Å². The van der Waals surface area contributed by atoms with E-state index in [0.29, 0.717) is 0 Å². The summed E-state index contributed by atoms with van der Waals surface area (Å²) in [6, 6.07) is 6.28. The van der Waals surface area contributed by atoms with Gasteiger partial charge in [0.2, 0.25) is 0 Å². The fourth-order valence-corrected chi connectivity index (χ4v) is 4.51. The highest BCUT2D eigenvalue weighted by atomic mass is 79.9. The molecular formula is C17H24BrNO. The molecule has 0 aromatic heterocycles. The van der Waals surface area contributed by atoms with Gasteiger partial charge in [0.15, 0.2) is 0 Å². The molecule has 1 N–H and O–H groups in total. The molecule has 1 saturated heterocycles. The summed E-state index contributed by atoms with van der Waals surface area (Å²) < 4.78 is 1.12. The summed E-state index contributed by atoms with van der Waals surface area (Å²) in [6.07, 6.45) is 6.65. The molecule has 0 amide bonds. The fraction of sp³-hybridized carbons (Fsp3) is 0.647. The number of aliphatic hydroxyl groups is 1. The van der Waals surface area contributed by atoms with Crippen LogP contribution in [-0.4, -0.2) is 18.2 Å². The molecule has 1 heterocycles. The second-order valence-corrected chi connectivity index (χ2v) is 7.28. The van der Waals surface area contributed by atoms with Gasteiger partial charge in [-0.3, -0.25) is 0 Å². The van der Waals surface area contributed by atoms with Crippen molar-refractivity contribution in [2.75, 3.05) is 18.0 Å². The quantitative estimate of drug-likeness (QED) is 0.857. The maximum atomic E-state index is 9.67. The Hall–Kier alpha value is -0.540. The number of benzene rings is 1. The van der Waals surface area contributed by atoms with Gasteiger partial charge in [-0.25, -0.2) is 0 Å². The Kier molecular flexibility index (Phi) is 4.37. The van der Waals surface area contributed by atoms with E-state index < -0.39 is 6.10 Å². The Morgan fingerprint density at radius 3 is 2.65 bits per heavy atom. The molecule has 2 aliphatic rings. The normalized spacial score (nSPS) is 28.1. The highest BCUT2D eigenvalue weighted by Gasteiger charge is 2.31. The first-order chi connectivity index (χ1) is 9.65. The van der Waals surface area contributed by atoms with Gasteiger partial charge in [-0.05, 0) is 65.2 Å². The lowest BCUT2D eigenvalue weighted by Gasteiger charge is -2.42. The van der Waals surface area contributed by atoms with Crippen molar-refractivity contribution in [2.45, 2.75) is 45.1 Å². The maximum Gasteiger partial charge on any atom is 0.0762 e. The Morgan fingerprint density at radius 1 is 1.20 bits per heavy atom. The number of piperidine rings is 1. The van der Waals surface area contributed by atoms with Gasteiger partial charge >= 0.3 is 0 Å². The van der Waals surface area contributed by atoms with Gasteiger partial charge in [0.25, 0.3) is 0 Å². The standard InChI is InChI=1S/C17H24BrNO/c1-12(20)14-6-7-17(16(18)10-14)19-9-8-13-4-2-3-5-15(13)11-19/h6-7,10,12-13,15,20H,2-5,8-9,11H2,1H3/t12-,13?,15?/m1/s1. The van der Waals surface area contributed by atoms with E-state index >= 15 is 0 Å². The Labute approximate surface area is 130 Å². The largest absolute Gasteiger partial charge is 0.389 e. The summed E-state index contributed by atoms with van der Waals surface area (Å²) in [6.45, 7) is 4.19.